The fourth-order valence-corrected chi connectivity index (χ4v) is 2.06. The third kappa shape index (κ3) is 6.87. The number of nitriles is 1. The zero-order valence-corrected chi connectivity index (χ0v) is 13.8. The van der Waals surface area contributed by atoms with Crippen LogP contribution in [-0.4, -0.2) is 24.1 Å². The highest BCUT2D eigenvalue weighted by Gasteiger charge is 2.01. The average molecular weight is 341 g/mol. The Morgan fingerprint density at radius 2 is 1.96 bits per heavy atom. The predicted molar refractivity (Wildman–Crippen MR) is 94.7 cm³/mol. The van der Waals surface area contributed by atoms with Gasteiger partial charge in [0.15, 0.2) is 17.8 Å². The van der Waals surface area contributed by atoms with Gasteiger partial charge in [0.25, 0.3) is 0 Å². The van der Waals surface area contributed by atoms with Crippen LogP contribution in [0.2, 0.25) is 0 Å². The number of nitrogens with zero attached hydrogens (tertiary/aromatic N) is 3. The molecule has 0 unspecified atom stereocenters. The van der Waals surface area contributed by atoms with E-state index in [9.17, 15) is 4.39 Å². The highest BCUT2D eigenvalue weighted by molar-refractivity contribution is 5.94. The average Bonchev–Trinajstić information content (AvgIpc) is 2.63. The van der Waals surface area contributed by atoms with E-state index in [1.807, 2.05) is 6.19 Å². The van der Waals surface area contributed by atoms with Crippen LogP contribution in [0.3, 0.4) is 0 Å². The Morgan fingerprint density at radius 3 is 2.72 bits per heavy atom. The zero-order chi connectivity index (χ0) is 17.7. The maximum absolute atomic E-state index is 13.4. The molecule has 7 heteroatoms. The van der Waals surface area contributed by atoms with Crippen LogP contribution >= 0.6 is 0 Å². The Bertz CT molecular complexity index is 715. The lowest BCUT2D eigenvalue weighted by atomic mass is 10.2. The molecule has 0 radical (unpaired) electrons. The highest BCUT2D eigenvalue weighted by Crippen LogP contribution is 2.15. The van der Waals surface area contributed by atoms with Crippen molar-refractivity contribution in [1.29, 1.82) is 5.26 Å². The summed E-state index contributed by atoms with van der Waals surface area (Å²) < 4.78 is 18.8. The number of aliphatic imine (C=N–C) groups is 1. The number of halogens is 1. The van der Waals surface area contributed by atoms with E-state index in [2.05, 4.69) is 20.6 Å². The zero-order valence-electron chi connectivity index (χ0n) is 13.8. The van der Waals surface area contributed by atoms with Crippen LogP contribution in [0, 0.1) is 17.3 Å². The second-order valence-corrected chi connectivity index (χ2v) is 5.17. The van der Waals surface area contributed by atoms with Crippen molar-refractivity contribution in [2.24, 2.45) is 4.99 Å². The molecule has 25 heavy (non-hydrogen) atoms. The number of benzene rings is 1. The van der Waals surface area contributed by atoms with Gasteiger partial charge in [0.2, 0.25) is 5.96 Å². The Labute approximate surface area is 146 Å². The molecule has 2 rings (SSSR count). The van der Waals surface area contributed by atoms with Crippen molar-refractivity contribution < 1.29 is 9.13 Å². The summed E-state index contributed by atoms with van der Waals surface area (Å²) in [5, 5.41) is 14.3. The molecule has 2 aromatic rings. The lowest BCUT2D eigenvalue weighted by molar-refractivity contribution is 0.291. The van der Waals surface area contributed by atoms with Crippen molar-refractivity contribution in [2.75, 3.05) is 18.5 Å². The van der Waals surface area contributed by atoms with E-state index in [4.69, 9.17) is 10.00 Å². The Balaban J connectivity index is 1.66. The van der Waals surface area contributed by atoms with Gasteiger partial charge in [-0.3, -0.25) is 15.3 Å². The summed E-state index contributed by atoms with van der Waals surface area (Å²) in [4.78, 5) is 8.26. The molecule has 6 nitrogen and oxygen atoms in total. The molecule has 130 valence electrons. The smallest absolute Gasteiger partial charge is 0.209 e. The minimum absolute atomic E-state index is 0.280. The van der Waals surface area contributed by atoms with Gasteiger partial charge < -0.3 is 10.1 Å². The molecule has 0 saturated heterocycles. The summed E-state index contributed by atoms with van der Waals surface area (Å²) in [7, 11) is 0. The van der Waals surface area contributed by atoms with Gasteiger partial charge in [-0.25, -0.2) is 4.39 Å². The first kappa shape index (κ1) is 18.2. The predicted octanol–water partition coefficient (Wildman–Crippen LogP) is 3.31. The number of pyridine rings is 1. The van der Waals surface area contributed by atoms with Gasteiger partial charge in [-0.2, -0.15) is 5.26 Å². The minimum Gasteiger partial charge on any atom is -0.491 e. The van der Waals surface area contributed by atoms with Crippen LogP contribution in [0.1, 0.15) is 19.3 Å². The quantitative estimate of drug-likeness (QED) is 0.253. The number of guanidine groups is 1. The van der Waals surface area contributed by atoms with E-state index >= 15 is 0 Å². The molecule has 0 fully saturated rings. The SMILES string of the molecule is N#CNC(=NCCCCCOc1ccccc1F)Nc1ccncc1. The van der Waals surface area contributed by atoms with Crippen LogP contribution in [0.15, 0.2) is 53.8 Å². The topological polar surface area (TPSA) is 82.3 Å². The van der Waals surface area contributed by atoms with E-state index < -0.39 is 0 Å². The number of unbranched alkanes of at least 4 members (excludes halogenated alkanes) is 2. The first-order valence-electron chi connectivity index (χ1n) is 8.03. The summed E-state index contributed by atoms with van der Waals surface area (Å²) in [6.45, 7) is 1.03. The summed E-state index contributed by atoms with van der Waals surface area (Å²) >= 11 is 0. The second kappa shape index (κ2) is 10.6. The van der Waals surface area contributed by atoms with Gasteiger partial charge in [0.1, 0.15) is 0 Å². The third-order valence-corrected chi connectivity index (χ3v) is 3.28. The standard InChI is InChI=1S/C18H20FN5O/c19-16-6-2-3-7-17(16)25-13-5-1-4-10-22-18(23-14-20)24-15-8-11-21-12-9-15/h2-3,6-9,11-12H,1,4-5,10,13H2,(H2,21,22,23,24). The number of para-hydroxylation sites is 1. The molecule has 0 aliphatic heterocycles. The maximum Gasteiger partial charge on any atom is 0.209 e. The van der Waals surface area contributed by atoms with Gasteiger partial charge in [-0.15, -0.1) is 0 Å². The molecule has 1 aromatic heterocycles. The molecule has 0 bridgehead atoms. The molecule has 0 aliphatic rings. The molecule has 1 heterocycles. The number of aromatic nitrogens is 1. The number of nitrogens with one attached hydrogen (secondary N) is 2. The lowest BCUT2D eigenvalue weighted by Gasteiger charge is -2.08. The summed E-state index contributed by atoms with van der Waals surface area (Å²) in [6, 6.07) is 9.94. The molecular formula is C18H20FN5O. The van der Waals surface area contributed by atoms with Gasteiger partial charge >= 0.3 is 0 Å². The van der Waals surface area contributed by atoms with Crippen LogP contribution in [0.5, 0.6) is 5.75 Å². The van der Waals surface area contributed by atoms with Crippen molar-refractivity contribution in [3.05, 3.63) is 54.6 Å². The van der Waals surface area contributed by atoms with E-state index in [-0.39, 0.29) is 11.6 Å². The fourth-order valence-electron chi connectivity index (χ4n) is 2.06. The number of hydrogen-bond donors (Lipinski definition) is 2. The van der Waals surface area contributed by atoms with Crippen molar-refractivity contribution in [3.63, 3.8) is 0 Å². The highest BCUT2D eigenvalue weighted by atomic mass is 19.1. The lowest BCUT2D eigenvalue weighted by Crippen LogP contribution is -2.27. The number of rotatable bonds is 8. The molecule has 0 aliphatic carbocycles. The fraction of sp³-hybridized carbons (Fsp3) is 0.278. The van der Waals surface area contributed by atoms with Crippen LogP contribution in [-0.2, 0) is 0 Å². The van der Waals surface area contributed by atoms with Crippen LogP contribution in [0.25, 0.3) is 0 Å². The molecule has 0 amide bonds. The summed E-state index contributed by atoms with van der Waals surface area (Å²) in [5.41, 5.74) is 0.801. The van der Waals surface area contributed by atoms with E-state index in [1.54, 1.807) is 42.7 Å². The summed E-state index contributed by atoms with van der Waals surface area (Å²) in [5.74, 6) is 0.334. The third-order valence-electron chi connectivity index (χ3n) is 3.28. The Morgan fingerprint density at radius 1 is 1.16 bits per heavy atom. The normalized spacial score (nSPS) is 10.8. The minimum atomic E-state index is -0.346. The molecule has 1 aromatic carbocycles. The van der Waals surface area contributed by atoms with E-state index in [0.717, 1.165) is 24.9 Å². The van der Waals surface area contributed by atoms with Crippen molar-refractivity contribution in [3.8, 4) is 11.9 Å². The van der Waals surface area contributed by atoms with Crippen LogP contribution < -0.4 is 15.4 Å². The number of anilines is 1. The first-order chi connectivity index (χ1) is 12.3. The van der Waals surface area contributed by atoms with E-state index in [1.165, 1.54) is 6.07 Å². The Hall–Kier alpha value is -3.14. The second-order valence-electron chi connectivity index (χ2n) is 5.17. The van der Waals surface area contributed by atoms with Gasteiger partial charge in [0.05, 0.1) is 6.61 Å². The number of ether oxygens (including phenoxy) is 1. The molecular weight excluding hydrogens is 321 g/mol. The molecule has 0 spiro atoms. The van der Waals surface area contributed by atoms with Crippen molar-refractivity contribution >= 4 is 11.6 Å². The molecule has 2 N–H and O–H groups in total. The van der Waals surface area contributed by atoms with Crippen molar-refractivity contribution in [2.45, 2.75) is 19.3 Å². The summed E-state index contributed by atoms with van der Waals surface area (Å²) in [6.07, 6.45) is 7.71. The van der Waals surface area contributed by atoms with Gasteiger partial charge in [-0.05, 0) is 43.5 Å². The van der Waals surface area contributed by atoms with Crippen molar-refractivity contribution in [1.82, 2.24) is 10.3 Å². The monoisotopic (exact) mass is 341 g/mol. The Kier molecular flexibility index (Phi) is 7.72. The maximum atomic E-state index is 13.4. The van der Waals surface area contributed by atoms with E-state index in [0.29, 0.717) is 19.1 Å². The molecule has 0 atom stereocenters. The van der Waals surface area contributed by atoms with Gasteiger partial charge in [0, 0.05) is 24.6 Å². The largest absolute Gasteiger partial charge is 0.491 e. The first-order valence-corrected chi connectivity index (χ1v) is 8.03. The van der Waals surface area contributed by atoms with Gasteiger partial charge in [-0.1, -0.05) is 12.1 Å². The van der Waals surface area contributed by atoms with Crippen LogP contribution in [0.4, 0.5) is 10.1 Å². The number of hydrogen-bond acceptors (Lipinski definition) is 4. The molecule has 0 saturated carbocycles.